The van der Waals surface area contributed by atoms with Gasteiger partial charge in [-0.05, 0) is 49.1 Å². The number of para-hydroxylation sites is 1. The number of halogens is 1. The van der Waals surface area contributed by atoms with E-state index in [1.54, 1.807) is 11.0 Å². The first-order valence-corrected chi connectivity index (χ1v) is 7.03. The van der Waals surface area contributed by atoms with Crippen LogP contribution in [0.5, 0.6) is 0 Å². The number of carbonyl (C=O) groups excluding carboxylic acids is 1. The summed E-state index contributed by atoms with van der Waals surface area (Å²) < 4.78 is 14.0. The molecule has 0 fully saturated rings. The minimum atomic E-state index is -0.569. The molecule has 0 aromatic heterocycles. The number of hydrogen-bond donors (Lipinski definition) is 1. The Morgan fingerprint density at radius 2 is 2.10 bits per heavy atom. The number of nitrogens with zero attached hydrogens (tertiary/aromatic N) is 1. The van der Waals surface area contributed by atoms with E-state index in [0.29, 0.717) is 12.2 Å². The second kappa shape index (κ2) is 5.20. The van der Waals surface area contributed by atoms with Crippen molar-refractivity contribution in [1.82, 2.24) is 0 Å². The summed E-state index contributed by atoms with van der Waals surface area (Å²) in [6, 6.07) is 10.2. The number of aryl methyl sites for hydroxylation is 2. The van der Waals surface area contributed by atoms with Crippen LogP contribution in [0.3, 0.4) is 0 Å². The van der Waals surface area contributed by atoms with Gasteiger partial charge in [0.15, 0.2) is 0 Å². The molecule has 0 saturated heterocycles. The van der Waals surface area contributed by atoms with Gasteiger partial charge in [-0.15, -0.1) is 0 Å². The SMILES string of the molecule is Cc1cccc2c1N(C(=O)c1ccc(N)cc1F)CCC2. The Bertz CT molecular complexity index is 712. The molecule has 0 unspecified atom stereocenters. The molecule has 2 aromatic carbocycles. The second-order valence-corrected chi connectivity index (χ2v) is 5.38. The third-order valence-electron chi connectivity index (χ3n) is 3.89. The molecule has 0 radical (unpaired) electrons. The molecule has 1 amide bonds. The average molecular weight is 284 g/mol. The van der Waals surface area contributed by atoms with Crippen LogP contribution in [-0.4, -0.2) is 12.5 Å². The molecule has 0 spiro atoms. The maximum atomic E-state index is 14.0. The van der Waals surface area contributed by atoms with Crippen LogP contribution >= 0.6 is 0 Å². The molecular formula is C17H17FN2O. The van der Waals surface area contributed by atoms with Crippen molar-refractivity contribution in [2.75, 3.05) is 17.2 Å². The lowest BCUT2D eigenvalue weighted by atomic mass is 9.97. The monoisotopic (exact) mass is 284 g/mol. The Morgan fingerprint density at radius 1 is 1.29 bits per heavy atom. The van der Waals surface area contributed by atoms with E-state index in [2.05, 4.69) is 0 Å². The minimum absolute atomic E-state index is 0.0697. The van der Waals surface area contributed by atoms with Crippen LogP contribution in [0.15, 0.2) is 36.4 Å². The predicted octanol–water partition coefficient (Wildman–Crippen LogP) is 3.31. The van der Waals surface area contributed by atoms with Crippen molar-refractivity contribution in [3.05, 3.63) is 58.9 Å². The van der Waals surface area contributed by atoms with Crippen LogP contribution in [0.25, 0.3) is 0 Å². The quantitative estimate of drug-likeness (QED) is 0.817. The number of anilines is 2. The Kier molecular flexibility index (Phi) is 3.37. The van der Waals surface area contributed by atoms with Gasteiger partial charge in [-0.25, -0.2) is 4.39 Å². The van der Waals surface area contributed by atoms with E-state index in [4.69, 9.17) is 5.73 Å². The highest BCUT2D eigenvalue weighted by Gasteiger charge is 2.26. The fraction of sp³-hybridized carbons (Fsp3) is 0.235. The molecule has 21 heavy (non-hydrogen) atoms. The fourth-order valence-electron chi connectivity index (χ4n) is 2.90. The van der Waals surface area contributed by atoms with E-state index >= 15 is 0 Å². The van der Waals surface area contributed by atoms with E-state index < -0.39 is 5.82 Å². The first-order chi connectivity index (χ1) is 10.1. The van der Waals surface area contributed by atoms with Crippen LogP contribution in [0.4, 0.5) is 15.8 Å². The topological polar surface area (TPSA) is 46.3 Å². The number of rotatable bonds is 1. The summed E-state index contributed by atoms with van der Waals surface area (Å²) >= 11 is 0. The third kappa shape index (κ3) is 2.37. The number of fused-ring (bicyclic) bond motifs is 1. The Morgan fingerprint density at radius 3 is 2.86 bits per heavy atom. The van der Waals surface area contributed by atoms with E-state index in [0.717, 1.165) is 29.7 Å². The lowest BCUT2D eigenvalue weighted by Gasteiger charge is -2.31. The van der Waals surface area contributed by atoms with Crippen LogP contribution in [0.2, 0.25) is 0 Å². The summed E-state index contributed by atoms with van der Waals surface area (Å²) in [5.74, 6) is -0.872. The zero-order valence-electron chi connectivity index (χ0n) is 11.9. The fourth-order valence-corrected chi connectivity index (χ4v) is 2.90. The van der Waals surface area contributed by atoms with E-state index in [9.17, 15) is 9.18 Å². The van der Waals surface area contributed by atoms with Gasteiger partial charge in [-0.3, -0.25) is 4.79 Å². The van der Waals surface area contributed by atoms with Gasteiger partial charge in [0, 0.05) is 12.2 Å². The van der Waals surface area contributed by atoms with Gasteiger partial charge in [-0.2, -0.15) is 0 Å². The van der Waals surface area contributed by atoms with Gasteiger partial charge in [0.05, 0.1) is 11.3 Å². The molecule has 0 bridgehead atoms. The van der Waals surface area contributed by atoms with Gasteiger partial charge in [0.1, 0.15) is 5.82 Å². The Hall–Kier alpha value is -2.36. The van der Waals surface area contributed by atoms with Gasteiger partial charge in [0.2, 0.25) is 0 Å². The lowest BCUT2D eigenvalue weighted by Crippen LogP contribution is -2.36. The summed E-state index contributed by atoms with van der Waals surface area (Å²) in [5.41, 5.74) is 9.03. The highest BCUT2D eigenvalue weighted by Crippen LogP contribution is 2.32. The summed E-state index contributed by atoms with van der Waals surface area (Å²) in [7, 11) is 0. The van der Waals surface area contributed by atoms with Crippen LogP contribution in [-0.2, 0) is 6.42 Å². The van der Waals surface area contributed by atoms with Crippen molar-refractivity contribution >= 4 is 17.3 Å². The van der Waals surface area contributed by atoms with Gasteiger partial charge < -0.3 is 10.6 Å². The largest absolute Gasteiger partial charge is 0.399 e. The molecule has 0 aliphatic carbocycles. The lowest BCUT2D eigenvalue weighted by molar-refractivity contribution is 0.0981. The zero-order valence-corrected chi connectivity index (χ0v) is 11.9. The van der Waals surface area contributed by atoms with E-state index in [-0.39, 0.29) is 11.5 Å². The standard InChI is InChI=1S/C17H17FN2O/c1-11-4-2-5-12-6-3-9-20(16(11)12)17(21)14-8-7-13(19)10-15(14)18/h2,4-5,7-8,10H,3,6,9,19H2,1H3. The van der Waals surface area contributed by atoms with Crippen molar-refractivity contribution in [3.8, 4) is 0 Å². The molecule has 4 heteroatoms. The maximum Gasteiger partial charge on any atom is 0.261 e. The maximum absolute atomic E-state index is 14.0. The molecule has 2 N–H and O–H groups in total. The number of nitrogens with two attached hydrogens (primary N) is 1. The van der Waals surface area contributed by atoms with E-state index in [1.807, 2.05) is 25.1 Å². The second-order valence-electron chi connectivity index (χ2n) is 5.38. The third-order valence-corrected chi connectivity index (χ3v) is 3.89. The van der Waals surface area contributed by atoms with Gasteiger partial charge in [0.25, 0.3) is 5.91 Å². The van der Waals surface area contributed by atoms with Crippen molar-refractivity contribution in [3.63, 3.8) is 0 Å². The summed E-state index contributed by atoms with van der Waals surface area (Å²) in [5, 5.41) is 0. The summed E-state index contributed by atoms with van der Waals surface area (Å²) in [6.07, 6.45) is 1.84. The highest BCUT2D eigenvalue weighted by molar-refractivity contribution is 6.07. The smallest absolute Gasteiger partial charge is 0.261 e. The average Bonchev–Trinajstić information content (AvgIpc) is 2.46. The number of carbonyl (C=O) groups is 1. The van der Waals surface area contributed by atoms with Gasteiger partial charge in [-0.1, -0.05) is 18.2 Å². The molecule has 1 aliphatic heterocycles. The number of nitrogen functional groups attached to an aromatic ring is 1. The molecule has 1 aliphatic rings. The molecule has 2 aromatic rings. The molecule has 1 heterocycles. The Balaban J connectivity index is 2.04. The van der Waals surface area contributed by atoms with Crippen LogP contribution in [0, 0.1) is 12.7 Å². The summed E-state index contributed by atoms with van der Waals surface area (Å²) in [6.45, 7) is 2.59. The minimum Gasteiger partial charge on any atom is -0.399 e. The van der Waals surface area contributed by atoms with Crippen molar-refractivity contribution in [1.29, 1.82) is 0 Å². The van der Waals surface area contributed by atoms with Gasteiger partial charge >= 0.3 is 0 Å². The summed E-state index contributed by atoms with van der Waals surface area (Å²) in [4.78, 5) is 14.4. The number of benzene rings is 2. The molecule has 108 valence electrons. The first kappa shape index (κ1) is 13.6. The molecular weight excluding hydrogens is 267 g/mol. The molecule has 0 saturated carbocycles. The normalized spacial score (nSPS) is 13.9. The van der Waals surface area contributed by atoms with Crippen LogP contribution < -0.4 is 10.6 Å². The molecule has 3 nitrogen and oxygen atoms in total. The highest BCUT2D eigenvalue weighted by atomic mass is 19.1. The Labute approximate surface area is 123 Å². The number of hydrogen-bond acceptors (Lipinski definition) is 2. The van der Waals surface area contributed by atoms with Crippen molar-refractivity contribution < 1.29 is 9.18 Å². The van der Waals surface area contributed by atoms with Crippen molar-refractivity contribution in [2.45, 2.75) is 19.8 Å². The predicted molar refractivity (Wildman–Crippen MR) is 82.0 cm³/mol. The van der Waals surface area contributed by atoms with Crippen LogP contribution in [0.1, 0.15) is 27.9 Å². The zero-order chi connectivity index (χ0) is 15.0. The first-order valence-electron chi connectivity index (χ1n) is 7.03. The molecule has 3 rings (SSSR count). The van der Waals surface area contributed by atoms with E-state index in [1.165, 1.54) is 12.1 Å². The number of amides is 1. The van der Waals surface area contributed by atoms with Crippen molar-refractivity contribution in [2.24, 2.45) is 0 Å². The molecule has 0 atom stereocenters.